The van der Waals surface area contributed by atoms with Crippen LogP contribution in [-0.4, -0.2) is 50.7 Å². The molecule has 1 heterocycles. The average molecular weight is 312 g/mol. The summed E-state index contributed by atoms with van der Waals surface area (Å²) in [4.78, 5) is 5.03. The zero-order valence-corrected chi connectivity index (χ0v) is 12.8. The predicted octanol–water partition coefficient (Wildman–Crippen LogP) is 2.18. The first-order valence-corrected chi connectivity index (χ1v) is 7.39. The fourth-order valence-electron chi connectivity index (χ4n) is 2.52. The minimum atomic E-state index is 0.625. The monoisotopic (exact) mass is 311 g/mol. The lowest BCUT2D eigenvalue weighted by atomic mass is 10.2. The molecule has 0 aliphatic carbocycles. The molecular weight excluding hydrogens is 290 g/mol. The number of halogens is 1. The average Bonchev–Trinajstić information content (AvgIpc) is 2.39. The van der Waals surface area contributed by atoms with Crippen LogP contribution in [0.5, 0.6) is 0 Å². The van der Waals surface area contributed by atoms with Crippen LogP contribution in [0.3, 0.4) is 0 Å². The van der Waals surface area contributed by atoms with Crippen molar-refractivity contribution < 1.29 is 0 Å². The molecule has 0 saturated carbocycles. The lowest BCUT2D eigenvalue weighted by molar-refractivity contribution is 0.195. The summed E-state index contributed by atoms with van der Waals surface area (Å²) in [6.07, 6.45) is 0. The maximum absolute atomic E-state index is 3.54. The molecule has 0 bridgehead atoms. The topological polar surface area (TPSA) is 18.5 Å². The summed E-state index contributed by atoms with van der Waals surface area (Å²) in [5.41, 5.74) is 1.32. The molecule has 1 saturated heterocycles. The van der Waals surface area contributed by atoms with E-state index in [0.717, 1.165) is 37.2 Å². The van der Waals surface area contributed by atoms with E-state index in [1.165, 1.54) is 5.69 Å². The molecule has 1 aromatic carbocycles. The normalized spacial score (nSPS) is 18.9. The Bertz CT molecular complexity index is 375. The van der Waals surface area contributed by atoms with E-state index in [4.69, 9.17) is 0 Å². The number of likely N-dealkylation sites (N-methyl/N-ethyl adjacent to an activating group) is 1. The number of nitrogens with one attached hydrogen (secondary N) is 1. The highest BCUT2D eigenvalue weighted by molar-refractivity contribution is 9.10. The number of nitrogens with zero attached hydrogens (tertiary/aromatic N) is 2. The Labute approximate surface area is 118 Å². The minimum Gasteiger partial charge on any atom is -0.369 e. The van der Waals surface area contributed by atoms with E-state index in [9.17, 15) is 0 Å². The van der Waals surface area contributed by atoms with Crippen molar-refractivity contribution in [2.45, 2.75) is 13.0 Å². The summed E-state index contributed by atoms with van der Waals surface area (Å²) in [6.45, 7) is 7.89. The van der Waals surface area contributed by atoms with Gasteiger partial charge in [-0.1, -0.05) is 22.0 Å². The summed E-state index contributed by atoms with van der Waals surface area (Å²) in [6, 6.07) is 9.20. The first kappa shape index (κ1) is 13.8. The van der Waals surface area contributed by atoms with Crippen LogP contribution in [0.2, 0.25) is 0 Å². The molecule has 1 atom stereocenters. The van der Waals surface area contributed by atoms with Crippen LogP contribution in [0, 0.1) is 0 Å². The predicted molar refractivity (Wildman–Crippen MR) is 81.3 cm³/mol. The molecule has 0 radical (unpaired) electrons. The minimum absolute atomic E-state index is 0.625. The highest BCUT2D eigenvalue weighted by Gasteiger charge is 2.20. The number of piperazine rings is 1. The van der Waals surface area contributed by atoms with Crippen molar-refractivity contribution in [3.8, 4) is 0 Å². The van der Waals surface area contributed by atoms with Crippen LogP contribution >= 0.6 is 15.9 Å². The third kappa shape index (κ3) is 3.46. The van der Waals surface area contributed by atoms with Gasteiger partial charge >= 0.3 is 0 Å². The molecule has 2 rings (SSSR count). The SMILES string of the molecule is CNCC(C)N1CCN(c2cccc(Br)c2)CC1. The van der Waals surface area contributed by atoms with Gasteiger partial charge in [0.15, 0.2) is 0 Å². The molecule has 1 aliphatic heterocycles. The van der Waals surface area contributed by atoms with Crippen LogP contribution in [0.25, 0.3) is 0 Å². The molecule has 1 aliphatic rings. The van der Waals surface area contributed by atoms with Gasteiger partial charge in [0.1, 0.15) is 0 Å². The zero-order valence-electron chi connectivity index (χ0n) is 11.2. The summed E-state index contributed by atoms with van der Waals surface area (Å²) >= 11 is 3.54. The standard InChI is InChI=1S/C14H22BrN3/c1-12(11-16-2)17-6-8-18(9-7-17)14-5-3-4-13(15)10-14/h3-5,10,12,16H,6-9,11H2,1-2H3. The smallest absolute Gasteiger partial charge is 0.0378 e. The van der Waals surface area contributed by atoms with Gasteiger partial charge in [0.25, 0.3) is 0 Å². The van der Waals surface area contributed by atoms with Crippen molar-refractivity contribution in [2.75, 3.05) is 44.7 Å². The highest BCUT2D eigenvalue weighted by atomic mass is 79.9. The molecule has 4 heteroatoms. The van der Waals surface area contributed by atoms with Crippen LogP contribution in [-0.2, 0) is 0 Å². The van der Waals surface area contributed by atoms with E-state index in [1.54, 1.807) is 0 Å². The van der Waals surface area contributed by atoms with Crippen molar-refractivity contribution in [1.29, 1.82) is 0 Å². The summed E-state index contributed by atoms with van der Waals surface area (Å²) in [5, 5.41) is 3.25. The van der Waals surface area contributed by atoms with E-state index >= 15 is 0 Å². The molecular formula is C14H22BrN3. The van der Waals surface area contributed by atoms with Crippen molar-refractivity contribution in [3.05, 3.63) is 28.7 Å². The van der Waals surface area contributed by atoms with Gasteiger partial charge in [0.05, 0.1) is 0 Å². The van der Waals surface area contributed by atoms with E-state index in [2.05, 4.69) is 62.2 Å². The van der Waals surface area contributed by atoms with Gasteiger partial charge < -0.3 is 10.2 Å². The number of anilines is 1. The maximum atomic E-state index is 3.54. The van der Waals surface area contributed by atoms with E-state index in [0.29, 0.717) is 6.04 Å². The largest absolute Gasteiger partial charge is 0.369 e. The third-order valence-corrected chi connectivity index (χ3v) is 4.10. The quantitative estimate of drug-likeness (QED) is 0.919. The number of rotatable bonds is 4. The molecule has 1 aromatic rings. The Balaban J connectivity index is 1.90. The molecule has 1 N–H and O–H groups in total. The molecule has 1 unspecified atom stereocenters. The van der Waals surface area contributed by atoms with E-state index < -0.39 is 0 Å². The molecule has 0 spiro atoms. The Hall–Kier alpha value is -0.580. The van der Waals surface area contributed by atoms with E-state index in [-0.39, 0.29) is 0 Å². The Morgan fingerprint density at radius 2 is 2.00 bits per heavy atom. The highest BCUT2D eigenvalue weighted by Crippen LogP contribution is 2.21. The summed E-state index contributed by atoms with van der Waals surface area (Å²) in [7, 11) is 2.02. The van der Waals surface area contributed by atoms with Crippen LogP contribution in [0.15, 0.2) is 28.7 Å². The van der Waals surface area contributed by atoms with Gasteiger partial charge in [-0.2, -0.15) is 0 Å². The zero-order chi connectivity index (χ0) is 13.0. The Kier molecular flexibility index (Phi) is 5.03. The lowest BCUT2D eigenvalue weighted by Crippen LogP contribution is -2.51. The van der Waals surface area contributed by atoms with Gasteiger partial charge in [-0.05, 0) is 32.2 Å². The van der Waals surface area contributed by atoms with Crippen LogP contribution < -0.4 is 10.2 Å². The maximum Gasteiger partial charge on any atom is 0.0378 e. The van der Waals surface area contributed by atoms with Crippen molar-refractivity contribution in [3.63, 3.8) is 0 Å². The second-order valence-corrected chi connectivity index (χ2v) is 5.83. The first-order valence-electron chi connectivity index (χ1n) is 6.60. The molecule has 18 heavy (non-hydrogen) atoms. The fourth-order valence-corrected chi connectivity index (χ4v) is 2.91. The molecule has 1 fully saturated rings. The van der Waals surface area contributed by atoms with Gasteiger partial charge in [-0.3, -0.25) is 4.90 Å². The molecule has 0 aromatic heterocycles. The van der Waals surface area contributed by atoms with Crippen LogP contribution in [0.4, 0.5) is 5.69 Å². The molecule has 100 valence electrons. The Morgan fingerprint density at radius 1 is 1.28 bits per heavy atom. The van der Waals surface area contributed by atoms with Gasteiger partial charge in [-0.15, -0.1) is 0 Å². The van der Waals surface area contributed by atoms with Crippen molar-refractivity contribution in [2.24, 2.45) is 0 Å². The summed E-state index contributed by atoms with van der Waals surface area (Å²) in [5.74, 6) is 0. The number of hydrogen-bond acceptors (Lipinski definition) is 3. The first-order chi connectivity index (χ1) is 8.70. The third-order valence-electron chi connectivity index (χ3n) is 3.61. The van der Waals surface area contributed by atoms with Crippen molar-refractivity contribution in [1.82, 2.24) is 10.2 Å². The van der Waals surface area contributed by atoms with Crippen molar-refractivity contribution >= 4 is 21.6 Å². The van der Waals surface area contributed by atoms with E-state index in [1.807, 2.05) is 7.05 Å². The van der Waals surface area contributed by atoms with Crippen LogP contribution in [0.1, 0.15) is 6.92 Å². The lowest BCUT2D eigenvalue weighted by Gasteiger charge is -2.39. The second kappa shape index (κ2) is 6.55. The number of benzene rings is 1. The Morgan fingerprint density at radius 3 is 2.61 bits per heavy atom. The number of hydrogen-bond donors (Lipinski definition) is 1. The second-order valence-electron chi connectivity index (χ2n) is 4.91. The fraction of sp³-hybridized carbons (Fsp3) is 0.571. The van der Waals surface area contributed by atoms with Gasteiger partial charge in [0.2, 0.25) is 0 Å². The van der Waals surface area contributed by atoms with Gasteiger partial charge in [-0.25, -0.2) is 0 Å². The molecule has 3 nitrogen and oxygen atoms in total. The summed E-state index contributed by atoms with van der Waals surface area (Å²) < 4.78 is 1.16. The molecule has 0 amide bonds. The van der Waals surface area contributed by atoms with Gasteiger partial charge in [0, 0.05) is 48.9 Å².